The van der Waals surface area contributed by atoms with Crippen molar-refractivity contribution in [1.29, 1.82) is 0 Å². The zero-order chi connectivity index (χ0) is 24.3. The number of aliphatic hydroxyl groups excluding tert-OH is 1. The molecule has 1 aromatic heterocycles. The Morgan fingerprint density at radius 1 is 1.06 bits per heavy atom. The number of rotatable bonds is 3. The fraction of sp³-hybridized carbons (Fsp3) is 0.241. The summed E-state index contributed by atoms with van der Waals surface area (Å²) in [6.45, 7) is 11.3. The van der Waals surface area contributed by atoms with Gasteiger partial charge < -0.3 is 10.1 Å². The van der Waals surface area contributed by atoms with Gasteiger partial charge in [-0.2, -0.15) is 0 Å². The van der Waals surface area contributed by atoms with Gasteiger partial charge in [0.1, 0.15) is 5.82 Å². The molecular weight excluding hydrogens is 606 g/mol. The van der Waals surface area contributed by atoms with Crippen LogP contribution in [0.25, 0.3) is 32.8 Å². The van der Waals surface area contributed by atoms with Crippen LogP contribution in [0, 0.1) is 25.7 Å². The molecule has 0 saturated heterocycles. The van der Waals surface area contributed by atoms with Crippen LogP contribution in [0.2, 0.25) is 0 Å². The maximum Gasteiger partial charge on any atom is 0.155 e. The van der Waals surface area contributed by atoms with E-state index in [1.165, 1.54) is 31.1 Å². The van der Waals surface area contributed by atoms with Gasteiger partial charge in [0.25, 0.3) is 0 Å². The van der Waals surface area contributed by atoms with E-state index in [0.717, 1.165) is 38.4 Å². The van der Waals surface area contributed by atoms with E-state index in [-0.39, 0.29) is 37.5 Å². The average molecular weight is 635 g/mol. The molecule has 0 aliphatic rings. The molecule has 1 radical (unpaired) electrons. The maximum atomic E-state index is 14.1. The quantitative estimate of drug-likeness (QED) is 0.108. The molecular formula is C29H29FIrNO2-. The van der Waals surface area contributed by atoms with E-state index in [1.54, 1.807) is 12.1 Å². The van der Waals surface area contributed by atoms with Gasteiger partial charge >= 0.3 is 0 Å². The fourth-order valence-corrected chi connectivity index (χ4v) is 4.10. The predicted octanol–water partition coefficient (Wildman–Crippen LogP) is 7.77. The fourth-order valence-electron chi connectivity index (χ4n) is 4.10. The molecule has 0 fully saturated rings. The van der Waals surface area contributed by atoms with Gasteiger partial charge in [0.05, 0.1) is 5.76 Å². The number of nitrogens with zero attached hydrogens (tertiary/aromatic N) is 1. The second kappa shape index (κ2) is 11.5. The van der Waals surface area contributed by atoms with Crippen molar-refractivity contribution in [3.63, 3.8) is 0 Å². The monoisotopic (exact) mass is 635 g/mol. The standard InChI is InChI=1S/C24H21FN.C5H8O2.Ir/c1-14(2)21-12-17-7-8-26-24(18-10-15(3)9-16(4)11-18)23(17)22-13-19(25)5-6-20(21)22;1-4(6)3-5(2)7;/h5-10,12-14H,1-4H3;3,6H,1-2H3;/q-1;;/b;4-3-;. The van der Waals surface area contributed by atoms with Gasteiger partial charge in [-0.3, -0.25) is 4.79 Å². The van der Waals surface area contributed by atoms with Crippen LogP contribution in [0.15, 0.2) is 60.5 Å². The Morgan fingerprint density at radius 2 is 1.76 bits per heavy atom. The number of allylic oxidation sites excluding steroid dienone is 2. The number of hydrogen-bond donors (Lipinski definition) is 1. The Morgan fingerprint density at radius 3 is 2.32 bits per heavy atom. The third kappa shape index (κ3) is 6.37. The largest absolute Gasteiger partial charge is 0.512 e. The molecule has 4 rings (SSSR count). The molecule has 5 heteroatoms. The molecule has 1 heterocycles. The van der Waals surface area contributed by atoms with Gasteiger partial charge in [-0.1, -0.05) is 39.8 Å². The van der Waals surface area contributed by atoms with Crippen LogP contribution in [0.1, 0.15) is 50.3 Å². The minimum atomic E-state index is -0.223. The summed E-state index contributed by atoms with van der Waals surface area (Å²) in [5, 5.41) is 12.5. The number of aromatic nitrogens is 1. The van der Waals surface area contributed by atoms with E-state index in [9.17, 15) is 9.18 Å². The molecule has 3 nitrogen and oxygen atoms in total. The summed E-state index contributed by atoms with van der Waals surface area (Å²) in [4.78, 5) is 14.7. The van der Waals surface area contributed by atoms with Crippen LogP contribution in [0.3, 0.4) is 0 Å². The summed E-state index contributed by atoms with van der Waals surface area (Å²) in [7, 11) is 0. The summed E-state index contributed by atoms with van der Waals surface area (Å²) in [6, 6.07) is 16.9. The number of benzene rings is 3. The predicted molar refractivity (Wildman–Crippen MR) is 134 cm³/mol. The Labute approximate surface area is 214 Å². The summed E-state index contributed by atoms with van der Waals surface area (Å²) in [5.41, 5.74) is 5.29. The summed E-state index contributed by atoms with van der Waals surface area (Å²) in [6.07, 6.45) is 3.00. The molecule has 0 aliphatic heterocycles. The number of ketones is 1. The Balaban J connectivity index is 0.000000449. The van der Waals surface area contributed by atoms with Gasteiger partial charge in [0, 0.05) is 32.4 Å². The molecule has 0 amide bonds. The molecule has 179 valence electrons. The van der Waals surface area contributed by atoms with E-state index in [4.69, 9.17) is 5.11 Å². The number of carbonyl (C=O) groups is 1. The van der Waals surface area contributed by atoms with Crippen molar-refractivity contribution < 1.29 is 34.4 Å². The molecule has 34 heavy (non-hydrogen) atoms. The number of halogens is 1. The summed E-state index contributed by atoms with van der Waals surface area (Å²) in [5.74, 6) is 0.0724. The molecule has 0 unspecified atom stereocenters. The van der Waals surface area contributed by atoms with Crippen LogP contribution in [0.4, 0.5) is 4.39 Å². The summed E-state index contributed by atoms with van der Waals surface area (Å²) >= 11 is 0. The topological polar surface area (TPSA) is 50.2 Å². The zero-order valence-corrected chi connectivity index (χ0v) is 22.7. The van der Waals surface area contributed by atoms with Gasteiger partial charge in [0.2, 0.25) is 0 Å². The van der Waals surface area contributed by atoms with Gasteiger partial charge in [-0.25, -0.2) is 4.39 Å². The normalized spacial score (nSPS) is 11.2. The van der Waals surface area contributed by atoms with Crippen LogP contribution < -0.4 is 0 Å². The second-order valence-corrected chi connectivity index (χ2v) is 8.72. The van der Waals surface area contributed by atoms with Crippen molar-refractivity contribution in [1.82, 2.24) is 4.98 Å². The van der Waals surface area contributed by atoms with E-state index >= 15 is 0 Å². The number of pyridine rings is 1. The smallest absolute Gasteiger partial charge is 0.155 e. The molecule has 4 aromatic rings. The van der Waals surface area contributed by atoms with Crippen LogP contribution in [-0.4, -0.2) is 15.9 Å². The number of aryl methyl sites for hydroxylation is 2. The van der Waals surface area contributed by atoms with Crippen LogP contribution >= 0.6 is 0 Å². The minimum absolute atomic E-state index is 0. The first-order valence-corrected chi connectivity index (χ1v) is 11.0. The Hall–Kier alpha value is -2.88. The van der Waals surface area contributed by atoms with E-state index < -0.39 is 0 Å². The third-order valence-corrected chi connectivity index (χ3v) is 5.29. The van der Waals surface area contributed by atoms with Crippen molar-refractivity contribution in [3.8, 4) is 11.3 Å². The van der Waals surface area contributed by atoms with E-state index in [2.05, 4.69) is 50.0 Å². The van der Waals surface area contributed by atoms with Crippen molar-refractivity contribution in [2.45, 2.75) is 47.5 Å². The van der Waals surface area contributed by atoms with Crippen molar-refractivity contribution in [2.24, 2.45) is 0 Å². The van der Waals surface area contributed by atoms with Crippen molar-refractivity contribution >= 4 is 27.3 Å². The average Bonchev–Trinajstić information content (AvgIpc) is 2.71. The molecule has 0 aliphatic carbocycles. The van der Waals surface area contributed by atoms with Gasteiger partial charge in [-0.15, -0.1) is 34.9 Å². The first-order chi connectivity index (χ1) is 15.6. The SMILES string of the molecule is CC(=O)/C=C(/C)O.Cc1[c-]c(-c2nccc3cc(C(C)C)c4ccc(F)cc4c23)cc(C)c1.[Ir]. The number of carbonyl (C=O) groups excluding carboxylic acids is 1. The van der Waals surface area contributed by atoms with E-state index in [0.29, 0.717) is 5.92 Å². The first-order valence-electron chi connectivity index (χ1n) is 11.0. The number of fused-ring (bicyclic) bond motifs is 3. The molecule has 0 atom stereocenters. The summed E-state index contributed by atoms with van der Waals surface area (Å²) < 4.78 is 14.1. The Kier molecular flexibility index (Phi) is 9.26. The molecule has 0 bridgehead atoms. The van der Waals surface area contributed by atoms with Crippen LogP contribution in [0.5, 0.6) is 0 Å². The maximum absolute atomic E-state index is 14.1. The number of hydrogen-bond acceptors (Lipinski definition) is 3. The third-order valence-electron chi connectivity index (χ3n) is 5.29. The molecule has 0 saturated carbocycles. The first kappa shape index (κ1) is 27.4. The number of aliphatic hydroxyl groups is 1. The van der Waals surface area contributed by atoms with Gasteiger partial charge in [-0.05, 0) is 70.8 Å². The van der Waals surface area contributed by atoms with E-state index in [1.807, 2.05) is 25.3 Å². The zero-order valence-electron chi connectivity index (χ0n) is 20.3. The second-order valence-electron chi connectivity index (χ2n) is 8.72. The molecule has 3 aromatic carbocycles. The molecule has 1 N–H and O–H groups in total. The Bertz CT molecular complexity index is 1350. The van der Waals surface area contributed by atoms with Crippen LogP contribution in [-0.2, 0) is 24.9 Å². The van der Waals surface area contributed by atoms with Crippen molar-refractivity contribution in [3.05, 3.63) is 89.1 Å². The minimum Gasteiger partial charge on any atom is -0.512 e. The van der Waals surface area contributed by atoms with Gasteiger partial charge in [0.15, 0.2) is 5.78 Å². The van der Waals surface area contributed by atoms with Crippen molar-refractivity contribution in [2.75, 3.05) is 0 Å². The molecule has 0 spiro atoms.